The van der Waals surface area contributed by atoms with Crippen LogP contribution in [-0.2, 0) is 6.54 Å². The highest BCUT2D eigenvalue weighted by molar-refractivity contribution is 7.80. The summed E-state index contributed by atoms with van der Waals surface area (Å²) in [7, 11) is 0. The molecule has 5 N–H and O–H groups in total. The van der Waals surface area contributed by atoms with Crippen LogP contribution in [0.3, 0.4) is 0 Å². The molecule has 0 aliphatic carbocycles. The molecule has 2 aromatic carbocycles. The summed E-state index contributed by atoms with van der Waals surface area (Å²) in [6, 6.07) is 18.9. The Hall–Kier alpha value is -3.19. The van der Waals surface area contributed by atoms with Crippen LogP contribution in [0, 0.1) is 0 Å². The summed E-state index contributed by atoms with van der Waals surface area (Å²) in [5, 5.41) is 13.0. The van der Waals surface area contributed by atoms with Gasteiger partial charge < -0.3 is 16.4 Å². The maximum atomic E-state index is 11.2. The highest BCUT2D eigenvalue weighted by Gasteiger charge is 2.07. The Kier molecular flexibility index (Phi) is 5.06. The van der Waals surface area contributed by atoms with Crippen molar-refractivity contribution in [2.75, 3.05) is 10.6 Å². The van der Waals surface area contributed by atoms with Gasteiger partial charge in [-0.1, -0.05) is 36.4 Å². The highest BCUT2D eigenvalue weighted by atomic mass is 32.1. The van der Waals surface area contributed by atoms with Crippen molar-refractivity contribution in [2.24, 2.45) is 5.73 Å². The standard InChI is InChI=1S/C18H17N5OS/c19-18(25)21-16-10-13(14-8-9-17(24)23-22-14)6-7-15(16)20-11-12-4-2-1-3-5-12/h1-10,20H,11H2,(H,23,24)(H3,19,21,25). The minimum Gasteiger partial charge on any atom is -0.379 e. The van der Waals surface area contributed by atoms with E-state index in [1.54, 1.807) is 6.07 Å². The van der Waals surface area contributed by atoms with Crippen LogP contribution in [0.2, 0.25) is 0 Å². The Morgan fingerprint density at radius 3 is 2.56 bits per heavy atom. The molecular weight excluding hydrogens is 334 g/mol. The molecule has 0 radical (unpaired) electrons. The van der Waals surface area contributed by atoms with Crippen LogP contribution in [0.4, 0.5) is 11.4 Å². The number of aromatic amines is 1. The molecule has 0 aliphatic rings. The highest BCUT2D eigenvalue weighted by Crippen LogP contribution is 2.28. The number of hydrogen-bond acceptors (Lipinski definition) is 4. The Morgan fingerprint density at radius 1 is 1.08 bits per heavy atom. The topological polar surface area (TPSA) is 95.8 Å². The lowest BCUT2D eigenvalue weighted by atomic mass is 10.1. The fourth-order valence-corrected chi connectivity index (χ4v) is 2.50. The molecule has 7 heteroatoms. The predicted molar refractivity (Wildman–Crippen MR) is 104 cm³/mol. The van der Waals surface area contributed by atoms with Crippen LogP contribution in [-0.4, -0.2) is 15.3 Å². The molecule has 0 amide bonds. The van der Waals surface area contributed by atoms with Gasteiger partial charge in [-0.3, -0.25) is 4.79 Å². The zero-order valence-electron chi connectivity index (χ0n) is 13.3. The Labute approximate surface area is 150 Å². The average molecular weight is 351 g/mol. The summed E-state index contributed by atoms with van der Waals surface area (Å²) in [6.45, 7) is 0.670. The van der Waals surface area contributed by atoms with Crippen molar-refractivity contribution >= 4 is 28.7 Å². The minimum atomic E-state index is -0.244. The van der Waals surface area contributed by atoms with E-state index in [4.69, 9.17) is 18.0 Å². The van der Waals surface area contributed by atoms with Crippen LogP contribution in [0.25, 0.3) is 11.3 Å². The molecule has 3 aromatic rings. The van der Waals surface area contributed by atoms with Gasteiger partial charge in [0.2, 0.25) is 0 Å². The third-order valence-corrected chi connectivity index (χ3v) is 3.68. The van der Waals surface area contributed by atoms with Crippen molar-refractivity contribution in [1.29, 1.82) is 0 Å². The van der Waals surface area contributed by atoms with Gasteiger partial charge in [0.1, 0.15) is 0 Å². The largest absolute Gasteiger partial charge is 0.379 e. The normalized spacial score (nSPS) is 10.2. The maximum Gasteiger partial charge on any atom is 0.264 e. The van der Waals surface area contributed by atoms with Crippen LogP contribution in [0.5, 0.6) is 0 Å². The maximum absolute atomic E-state index is 11.2. The van der Waals surface area contributed by atoms with E-state index in [-0.39, 0.29) is 10.7 Å². The number of aromatic nitrogens is 2. The van der Waals surface area contributed by atoms with Gasteiger partial charge in [-0.25, -0.2) is 5.10 Å². The number of benzene rings is 2. The number of anilines is 2. The van der Waals surface area contributed by atoms with E-state index in [2.05, 4.69) is 20.8 Å². The van der Waals surface area contributed by atoms with E-state index in [0.717, 1.165) is 22.5 Å². The van der Waals surface area contributed by atoms with E-state index in [1.165, 1.54) is 6.07 Å². The minimum absolute atomic E-state index is 0.175. The van der Waals surface area contributed by atoms with Crippen molar-refractivity contribution in [1.82, 2.24) is 10.2 Å². The molecule has 0 saturated carbocycles. The van der Waals surface area contributed by atoms with Crippen LogP contribution in [0.15, 0.2) is 65.5 Å². The number of nitrogens with one attached hydrogen (secondary N) is 3. The molecule has 25 heavy (non-hydrogen) atoms. The molecule has 0 aliphatic heterocycles. The SMILES string of the molecule is NC(=S)Nc1cc(-c2ccc(=O)[nH]n2)ccc1NCc1ccccc1. The van der Waals surface area contributed by atoms with Crippen molar-refractivity contribution < 1.29 is 0 Å². The molecule has 0 spiro atoms. The van der Waals surface area contributed by atoms with E-state index < -0.39 is 0 Å². The summed E-state index contributed by atoms with van der Waals surface area (Å²) in [5.74, 6) is 0. The zero-order chi connectivity index (χ0) is 17.6. The molecule has 3 rings (SSSR count). The number of nitrogens with zero attached hydrogens (tertiary/aromatic N) is 1. The van der Waals surface area contributed by atoms with Crippen LogP contribution >= 0.6 is 12.2 Å². The molecular formula is C18H17N5OS. The van der Waals surface area contributed by atoms with Gasteiger partial charge >= 0.3 is 0 Å². The zero-order valence-corrected chi connectivity index (χ0v) is 14.1. The van der Waals surface area contributed by atoms with Crippen molar-refractivity contribution in [3.8, 4) is 11.3 Å². The molecule has 0 bridgehead atoms. The van der Waals surface area contributed by atoms with Gasteiger partial charge in [0.15, 0.2) is 5.11 Å². The lowest BCUT2D eigenvalue weighted by Crippen LogP contribution is -2.20. The predicted octanol–water partition coefficient (Wildman–Crippen LogP) is 2.70. The van der Waals surface area contributed by atoms with Gasteiger partial charge in [-0.05, 0) is 36.0 Å². The Balaban J connectivity index is 1.88. The second-order valence-electron chi connectivity index (χ2n) is 5.40. The molecule has 6 nitrogen and oxygen atoms in total. The van der Waals surface area contributed by atoms with Crippen molar-refractivity contribution in [2.45, 2.75) is 6.54 Å². The third kappa shape index (κ3) is 4.42. The second-order valence-corrected chi connectivity index (χ2v) is 5.84. The summed E-state index contributed by atoms with van der Waals surface area (Å²) in [6.07, 6.45) is 0. The van der Waals surface area contributed by atoms with Crippen LogP contribution in [0.1, 0.15) is 5.56 Å². The van der Waals surface area contributed by atoms with Crippen molar-refractivity contribution in [3.63, 3.8) is 0 Å². The van der Waals surface area contributed by atoms with E-state index >= 15 is 0 Å². The van der Waals surface area contributed by atoms with Gasteiger partial charge in [-0.2, -0.15) is 5.10 Å². The second kappa shape index (κ2) is 7.59. The van der Waals surface area contributed by atoms with E-state index in [1.807, 2.05) is 48.5 Å². The van der Waals surface area contributed by atoms with E-state index in [0.29, 0.717) is 12.2 Å². The molecule has 1 heterocycles. The van der Waals surface area contributed by atoms with Gasteiger partial charge in [0, 0.05) is 18.2 Å². The summed E-state index contributed by atoms with van der Waals surface area (Å²) in [5.41, 5.74) is 9.65. The van der Waals surface area contributed by atoms with E-state index in [9.17, 15) is 4.79 Å². The lowest BCUT2D eigenvalue weighted by Gasteiger charge is -2.14. The van der Waals surface area contributed by atoms with Gasteiger partial charge in [-0.15, -0.1) is 0 Å². The smallest absolute Gasteiger partial charge is 0.264 e. The monoisotopic (exact) mass is 351 g/mol. The fraction of sp³-hybridized carbons (Fsp3) is 0.0556. The molecule has 1 aromatic heterocycles. The third-order valence-electron chi connectivity index (χ3n) is 3.58. The molecule has 0 unspecified atom stereocenters. The summed E-state index contributed by atoms with van der Waals surface area (Å²) in [4.78, 5) is 11.2. The Morgan fingerprint density at radius 2 is 1.88 bits per heavy atom. The summed E-state index contributed by atoms with van der Waals surface area (Å²) < 4.78 is 0. The fourth-order valence-electron chi connectivity index (χ4n) is 2.39. The molecule has 126 valence electrons. The molecule has 0 atom stereocenters. The number of thiocarbonyl (C=S) groups is 1. The average Bonchev–Trinajstić information content (AvgIpc) is 2.62. The van der Waals surface area contributed by atoms with Crippen LogP contribution < -0.4 is 21.9 Å². The van der Waals surface area contributed by atoms with Crippen molar-refractivity contribution in [3.05, 3.63) is 76.6 Å². The quantitative estimate of drug-likeness (QED) is 0.528. The molecule has 0 saturated heterocycles. The number of rotatable bonds is 5. The summed E-state index contributed by atoms with van der Waals surface area (Å²) >= 11 is 4.97. The first-order valence-electron chi connectivity index (χ1n) is 7.66. The number of H-pyrrole nitrogens is 1. The lowest BCUT2D eigenvalue weighted by molar-refractivity contribution is 0.995. The number of nitrogens with two attached hydrogens (primary N) is 1. The van der Waals surface area contributed by atoms with Gasteiger partial charge in [0.25, 0.3) is 5.56 Å². The van der Waals surface area contributed by atoms with Gasteiger partial charge in [0.05, 0.1) is 17.1 Å². The first-order chi connectivity index (χ1) is 12.1. The first kappa shape index (κ1) is 16.7. The number of hydrogen-bond donors (Lipinski definition) is 4. The Bertz CT molecular complexity index is 919. The molecule has 0 fully saturated rings. The first-order valence-corrected chi connectivity index (χ1v) is 8.07.